The molecule has 0 radical (unpaired) electrons. The van der Waals surface area contributed by atoms with Gasteiger partial charge in [-0.05, 0) is 29.6 Å². The molecule has 3 rings (SSSR count). The van der Waals surface area contributed by atoms with Gasteiger partial charge in [-0.2, -0.15) is 4.68 Å². The van der Waals surface area contributed by atoms with Crippen molar-refractivity contribution in [2.75, 3.05) is 20.1 Å². The smallest absolute Gasteiger partial charge is 0.272 e. The number of hydrogen-bond acceptors (Lipinski definition) is 6. The largest absolute Gasteiger partial charge is 0.330 e. The fraction of sp³-hybridized carbons (Fsp3) is 0.462. The molecule has 1 amide bonds. The SMILES string of the molecule is CNC[C@@H]1C[C@H](F)CN1C(=O)c1ccc(-n2cnnn2)cn1. The second kappa shape index (κ2) is 6.14. The van der Waals surface area contributed by atoms with Crippen LogP contribution in [0.4, 0.5) is 4.39 Å². The van der Waals surface area contributed by atoms with E-state index in [9.17, 15) is 9.18 Å². The zero-order valence-electron chi connectivity index (χ0n) is 12.1. The van der Waals surface area contributed by atoms with Crippen LogP contribution in [-0.4, -0.2) is 68.3 Å². The first kappa shape index (κ1) is 14.5. The Morgan fingerprint density at radius 3 is 3.00 bits per heavy atom. The van der Waals surface area contributed by atoms with Gasteiger partial charge in [0.15, 0.2) is 0 Å². The maximum Gasteiger partial charge on any atom is 0.272 e. The molecule has 2 atom stereocenters. The summed E-state index contributed by atoms with van der Waals surface area (Å²) in [6, 6.07) is 3.15. The van der Waals surface area contributed by atoms with Gasteiger partial charge in [0.25, 0.3) is 5.91 Å². The Kier molecular flexibility index (Phi) is 4.05. The van der Waals surface area contributed by atoms with Crippen molar-refractivity contribution in [3.8, 4) is 5.69 Å². The molecule has 9 heteroatoms. The van der Waals surface area contributed by atoms with Gasteiger partial charge >= 0.3 is 0 Å². The van der Waals surface area contributed by atoms with E-state index in [1.807, 2.05) is 0 Å². The summed E-state index contributed by atoms with van der Waals surface area (Å²) >= 11 is 0. The molecule has 3 heterocycles. The van der Waals surface area contributed by atoms with Gasteiger partial charge in [-0.3, -0.25) is 4.79 Å². The van der Waals surface area contributed by atoms with Crippen molar-refractivity contribution in [1.82, 2.24) is 35.4 Å². The van der Waals surface area contributed by atoms with E-state index in [4.69, 9.17) is 0 Å². The number of carbonyl (C=O) groups is 1. The standard InChI is InChI=1S/C13H16FN7O/c1-15-5-11-4-9(14)7-20(11)13(22)12-3-2-10(6-16-12)21-8-17-18-19-21/h2-3,6,8-9,11,15H,4-5,7H2,1H3/t9-,11-/m0/s1. The van der Waals surface area contributed by atoms with E-state index in [1.54, 1.807) is 24.1 Å². The molecule has 0 saturated carbocycles. The molecule has 1 aliphatic rings. The van der Waals surface area contributed by atoms with Crippen LogP contribution in [0, 0.1) is 0 Å². The van der Waals surface area contributed by atoms with E-state index in [0.717, 1.165) is 0 Å². The fourth-order valence-electron chi connectivity index (χ4n) is 2.61. The zero-order chi connectivity index (χ0) is 15.5. The predicted molar refractivity (Wildman–Crippen MR) is 75.2 cm³/mol. The van der Waals surface area contributed by atoms with Gasteiger partial charge in [0.05, 0.1) is 18.4 Å². The van der Waals surface area contributed by atoms with Crippen molar-refractivity contribution < 1.29 is 9.18 Å². The van der Waals surface area contributed by atoms with Gasteiger partial charge < -0.3 is 10.2 Å². The molecule has 0 bridgehead atoms. The second-order valence-corrected chi connectivity index (χ2v) is 5.16. The van der Waals surface area contributed by atoms with Crippen molar-refractivity contribution >= 4 is 5.91 Å². The summed E-state index contributed by atoms with van der Waals surface area (Å²) in [4.78, 5) is 18.2. The quantitative estimate of drug-likeness (QED) is 0.843. The minimum atomic E-state index is -0.984. The normalized spacial score (nSPS) is 21.3. The van der Waals surface area contributed by atoms with Crippen LogP contribution in [0.5, 0.6) is 0 Å². The van der Waals surface area contributed by atoms with E-state index in [-0.39, 0.29) is 24.2 Å². The van der Waals surface area contributed by atoms with E-state index in [0.29, 0.717) is 18.7 Å². The Balaban J connectivity index is 1.77. The lowest BCUT2D eigenvalue weighted by Crippen LogP contribution is -2.41. The summed E-state index contributed by atoms with van der Waals surface area (Å²) in [6.45, 7) is 0.677. The van der Waals surface area contributed by atoms with Crippen LogP contribution in [0.15, 0.2) is 24.7 Å². The molecule has 1 aliphatic heterocycles. The van der Waals surface area contributed by atoms with Gasteiger partial charge in [-0.25, -0.2) is 9.37 Å². The number of hydrogen-bond donors (Lipinski definition) is 1. The van der Waals surface area contributed by atoms with Crippen molar-refractivity contribution in [3.63, 3.8) is 0 Å². The number of nitrogens with one attached hydrogen (secondary N) is 1. The van der Waals surface area contributed by atoms with E-state index >= 15 is 0 Å². The Morgan fingerprint density at radius 1 is 1.50 bits per heavy atom. The van der Waals surface area contributed by atoms with Gasteiger partial charge in [-0.15, -0.1) is 5.10 Å². The van der Waals surface area contributed by atoms with Crippen LogP contribution in [0.2, 0.25) is 0 Å². The highest BCUT2D eigenvalue weighted by molar-refractivity contribution is 5.92. The molecule has 116 valence electrons. The van der Waals surface area contributed by atoms with E-state index in [2.05, 4.69) is 25.8 Å². The lowest BCUT2D eigenvalue weighted by Gasteiger charge is -2.23. The highest BCUT2D eigenvalue weighted by atomic mass is 19.1. The Labute approximate surface area is 126 Å². The number of rotatable bonds is 4. The third-order valence-corrected chi connectivity index (χ3v) is 3.64. The molecule has 2 aromatic heterocycles. The van der Waals surface area contributed by atoms with E-state index < -0.39 is 6.17 Å². The number of aromatic nitrogens is 5. The van der Waals surface area contributed by atoms with Crippen molar-refractivity contribution in [2.45, 2.75) is 18.6 Å². The molecule has 0 unspecified atom stereocenters. The molecule has 0 aliphatic carbocycles. The van der Waals surface area contributed by atoms with Crippen LogP contribution >= 0.6 is 0 Å². The van der Waals surface area contributed by atoms with Gasteiger partial charge in [-0.1, -0.05) is 0 Å². The first-order valence-electron chi connectivity index (χ1n) is 6.98. The Hall–Kier alpha value is -2.42. The third kappa shape index (κ3) is 2.80. The van der Waals surface area contributed by atoms with Crippen LogP contribution in [0.3, 0.4) is 0 Å². The summed E-state index contributed by atoms with van der Waals surface area (Å²) in [5.41, 5.74) is 0.935. The molecule has 22 heavy (non-hydrogen) atoms. The highest BCUT2D eigenvalue weighted by Crippen LogP contribution is 2.22. The molecule has 0 aromatic carbocycles. The van der Waals surface area contributed by atoms with Gasteiger partial charge in [0, 0.05) is 19.0 Å². The molecular weight excluding hydrogens is 289 g/mol. The number of likely N-dealkylation sites (tertiary alicyclic amines) is 1. The van der Waals surface area contributed by atoms with Crippen LogP contribution in [-0.2, 0) is 0 Å². The lowest BCUT2D eigenvalue weighted by molar-refractivity contribution is 0.0724. The zero-order valence-corrected chi connectivity index (χ0v) is 12.1. The number of alkyl halides is 1. The molecular formula is C13H16FN7O. The maximum absolute atomic E-state index is 13.6. The lowest BCUT2D eigenvalue weighted by atomic mass is 10.2. The molecule has 0 spiro atoms. The summed E-state index contributed by atoms with van der Waals surface area (Å²) in [6.07, 6.45) is 2.33. The molecule has 2 aromatic rings. The summed E-state index contributed by atoms with van der Waals surface area (Å²) in [5, 5.41) is 13.8. The maximum atomic E-state index is 13.6. The molecule has 8 nitrogen and oxygen atoms in total. The predicted octanol–water partition coefficient (Wildman–Crippen LogP) is -0.171. The van der Waals surface area contributed by atoms with E-state index in [1.165, 1.54) is 17.2 Å². The Bertz CT molecular complexity index is 630. The van der Waals surface area contributed by atoms with Crippen LogP contribution in [0.1, 0.15) is 16.9 Å². The monoisotopic (exact) mass is 305 g/mol. The van der Waals surface area contributed by atoms with Crippen LogP contribution in [0.25, 0.3) is 5.69 Å². The number of amides is 1. The number of nitrogens with zero attached hydrogens (tertiary/aromatic N) is 6. The minimum Gasteiger partial charge on any atom is -0.330 e. The van der Waals surface area contributed by atoms with Crippen molar-refractivity contribution in [2.24, 2.45) is 0 Å². The number of likely N-dealkylation sites (N-methyl/N-ethyl adjacent to an activating group) is 1. The fourth-order valence-corrected chi connectivity index (χ4v) is 2.61. The number of pyridine rings is 1. The summed E-state index contributed by atoms with van der Waals surface area (Å²) in [7, 11) is 1.79. The second-order valence-electron chi connectivity index (χ2n) is 5.16. The van der Waals surface area contributed by atoms with Crippen LogP contribution < -0.4 is 5.32 Å². The minimum absolute atomic E-state index is 0.113. The molecule has 1 fully saturated rings. The first-order chi connectivity index (χ1) is 10.7. The summed E-state index contributed by atoms with van der Waals surface area (Å²) in [5.74, 6) is -0.260. The third-order valence-electron chi connectivity index (χ3n) is 3.64. The summed E-state index contributed by atoms with van der Waals surface area (Å²) < 4.78 is 15.0. The Morgan fingerprint density at radius 2 is 2.36 bits per heavy atom. The number of carbonyl (C=O) groups excluding carboxylic acids is 1. The van der Waals surface area contributed by atoms with Crippen molar-refractivity contribution in [1.29, 1.82) is 0 Å². The average molecular weight is 305 g/mol. The molecule has 1 N–H and O–H groups in total. The average Bonchev–Trinajstić information content (AvgIpc) is 3.17. The molecule has 1 saturated heterocycles. The number of halogens is 1. The topological polar surface area (TPSA) is 88.8 Å². The van der Waals surface area contributed by atoms with Gasteiger partial charge in [0.1, 0.15) is 18.2 Å². The highest BCUT2D eigenvalue weighted by Gasteiger charge is 2.35. The van der Waals surface area contributed by atoms with Gasteiger partial charge in [0.2, 0.25) is 0 Å². The first-order valence-corrected chi connectivity index (χ1v) is 6.98. The van der Waals surface area contributed by atoms with Crippen molar-refractivity contribution in [3.05, 3.63) is 30.4 Å². The number of tetrazole rings is 1.